The van der Waals surface area contributed by atoms with Crippen LogP contribution in [0.4, 0.5) is 0 Å². The van der Waals surface area contributed by atoms with E-state index in [0.29, 0.717) is 13.0 Å². The summed E-state index contributed by atoms with van der Waals surface area (Å²) in [5.74, 6) is -0.488. The van der Waals surface area contributed by atoms with Crippen LogP contribution in [0.25, 0.3) is 0 Å². The molecule has 1 saturated carbocycles. The number of aliphatic hydroxyl groups excluding tert-OH is 5. The van der Waals surface area contributed by atoms with Crippen molar-refractivity contribution >= 4 is 13.8 Å². The van der Waals surface area contributed by atoms with Gasteiger partial charge in [-0.05, 0) is 38.5 Å². The lowest BCUT2D eigenvalue weighted by molar-refractivity contribution is -0.220. The first-order valence-electron chi connectivity index (χ1n) is 25.2. The Morgan fingerprint density at radius 2 is 0.919 bits per heavy atom. The first-order chi connectivity index (χ1) is 30.0. The molecule has 6 N–H and O–H groups in total. The van der Waals surface area contributed by atoms with Crippen LogP contribution < -0.4 is 0 Å². The maximum Gasteiger partial charge on any atom is 0.472 e. The second-order valence-electron chi connectivity index (χ2n) is 17.7. The van der Waals surface area contributed by atoms with Gasteiger partial charge in [0.2, 0.25) is 0 Å². The number of carbonyl (C=O) groups is 1. The molecule has 0 saturated heterocycles. The van der Waals surface area contributed by atoms with E-state index in [1.807, 2.05) is 0 Å². The SMILES string of the molecule is CCCC/C=C\C/C=C\CCCCCCCC(=O)OC(COCCCCCCCCCCCCCCCCCCCCCCC)COP(=O)(O)OC1C(O)C(O)C(O)C(O)C1O. The molecule has 0 aromatic rings. The van der Waals surface area contributed by atoms with Crippen LogP contribution in [-0.2, 0) is 27.9 Å². The molecule has 0 amide bonds. The number of aliphatic hydroxyl groups is 5. The van der Waals surface area contributed by atoms with Gasteiger partial charge in [-0.1, -0.05) is 199 Å². The van der Waals surface area contributed by atoms with E-state index in [1.165, 1.54) is 128 Å². The Morgan fingerprint density at radius 1 is 0.516 bits per heavy atom. The fourth-order valence-electron chi connectivity index (χ4n) is 7.79. The van der Waals surface area contributed by atoms with Crippen LogP contribution in [0.1, 0.15) is 219 Å². The summed E-state index contributed by atoms with van der Waals surface area (Å²) in [5.41, 5.74) is 0. The minimum atomic E-state index is -5.02. The van der Waals surface area contributed by atoms with Gasteiger partial charge in [0.25, 0.3) is 0 Å². The Hall–Kier alpha value is -1.18. The summed E-state index contributed by atoms with van der Waals surface area (Å²) in [4.78, 5) is 23.2. The van der Waals surface area contributed by atoms with Crippen LogP contribution in [0, 0.1) is 0 Å². The number of hydrogen-bond acceptors (Lipinski definition) is 11. The normalized spacial score (nSPS) is 22.1. The average molecular weight is 905 g/mol. The first-order valence-corrected chi connectivity index (χ1v) is 26.7. The highest BCUT2D eigenvalue weighted by Gasteiger charge is 2.51. The summed E-state index contributed by atoms with van der Waals surface area (Å²) >= 11 is 0. The quantitative estimate of drug-likeness (QED) is 0.0147. The van der Waals surface area contributed by atoms with Gasteiger partial charge in [0.15, 0.2) is 0 Å². The molecule has 13 heteroatoms. The Bertz CT molecular complexity index is 1120. The smallest absolute Gasteiger partial charge is 0.457 e. The van der Waals surface area contributed by atoms with Crippen molar-refractivity contribution in [2.24, 2.45) is 0 Å². The summed E-state index contributed by atoms with van der Waals surface area (Å²) in [6.07, 6.45) is 33.9. The number of ether oxygens (including phenoxy) is 2. The molecular weight excluding hydrogens is 812 g/mol. The van der Waals surface area contributed by atoms with E-state index < -0.39 is 63.1 Å². The van der Waals surface area contributed by atoms with Crippen LogP contribution in [0.5, 0.6) is 0 Å². The van der Waals surface area contributed by atoms with Gasteiger partial charge in [0.05, 0.1) is 13.2 Å². The molecule has 0 spiro atoms. The maximum atomic E-state index is 12.8. The van der Waals surface area contributed by atoms with Crippen LogP contribution in [-0.4, -0.2) is 98.9 Å². The lowest BCUT2D eigenvalue weighted by atomic mass is 9.85. The summed E-state index contributed by atoms with van der Waals surface area (Å²) in [6, 6.07) is 0. The molecule has 0 aromatic heterocycles. The van der Waals surface area contributed by atoms with Crippen LogP contribution in [0.2, 0.25) is 0 Å². The van der Waals surface area contributed by atoms with Gasteiger partial charge in [-0.15, -0.1) is 0 Å². The molecule has 0 heterocycles. The van der Waals surface area contributed by atoms with Crippen molar-refractivity contribution in [3.8, 4) is 0 Å². The third kappa shape index (κ3) is 31.7. The highest BCUT2D eigenvalue weighted by molar-refractivity contribution is 7.47. The molecule has 62 heavy (non-hydrogen) atoms. The molecule has 1 aliphatic carbocycles. The molecule has 1 rings (SSSR count). The highest BCUT2D eigenvalue weighted by Crippen LogP contribution is 2.47. The predicted molar refractivity (Wildman–Crippen MR) is 249 cm³/mol. The largest absolute Gasteiger partial charge is 0.472 e. The Morgan fingerprint density at radius 3 is 1.40 bits per heavy atom. The van der Waals surface area contributed by atoms with E-state index in [9.17, 15) is 39.8 Å². The van der Waals surface area contributed by atoms with Gasteiger partial charge in [-0.2, -0.15) is 0 Å². The van der Waals surface area contributed by atoms with Gasteiger partial charge in [-0.3, -0.25) is 13.8 Å². The maximum absolute atomic E-state index is 12.8. The lowest BCUT2D eigenvalue weighted by Gasteiger charge is -2.41. The molecule has 0 aromatic carbocycles. The molecule has 6 unspecified atom stereocenters. The predicted octanol–water partition coefficient (Wildman–Crippen LogP) is 10.9. The number of allylic oxidation sites excluding steroid dienone is 4. The van der Waals surface area contributed by atoms with Crippen molar-refractivity contribution in [2.75, 3.05) is 19.8 Å². The molecule has 0 radical (unpaired) electrons. The Balaban J connectivity index is 2.32. The van der Waals surface area contributed by atoms with Gasteiger partial charge >= 0.3 is 13.8 Å². The number of esters is 1. The van der Waals surface area contributed by atoms with Crippen molar-refractivity contribution in [3.05, 3.63) is 24.3 Å². The van der Waals surface area contributed by atoms with Crippen LogP contribution in [0.15, 0.2) is 24.3 Å². The minimum absolute atomic E-state index is 0.0781. The molecule has 6 atom stereocenters. The second kappa shape index (κ2) is 40.1. The highest BCUT2D eigenvalue weighted by atomic mass is 31.2. The van der Waals surface area contributed by atoms with E-state index >= 15 is 0 Å². The van der Waals surface area contributed by atoms with Crippen LogP contribution >= 0.6 is 7.82 Å². The Kier molecular flexibility index (Phi) is 38.1. The third-order valence-electron chi connectivity index (χ3n) is 11.8. The molecule has 12 nitrogen and oxygen atoms in total. The van der Waals surface area contributed by atoms with E-state index in [4.69, 9.17) is 18.5 Å². The average Bonchev–Trinajstić information content (AvgIpc) is 3.26. The van der Waals surface area contributed by atoms with Gasteiger partial charge in [-0.25, -0.2) is 4.57 Å². The summed E-state index contributed by atoms with van der Waals surface area (Å²) in [6.45, 7) is 4.23. The standard InChI is InChI=1S/C49H93O12P/c1-3-5-7-9-11-13-15-17-19-20-21-22-23-24-25-27-29-31-33-35-37-39-58-40-42(41-59-62(56,57)61-49-47(54)45(52)44(51)46(53)48(49)55)60-43(50)38-36-34-32-30-28-26-18-16-14-12-10-8-6-4-2/h10,12,16,18,42,44-49,51-55H,3-9,11,13-15,17,19-41H2,1-2H3,(H,56,57)/b12-10-,18-16-. The summed E-state index contributed by atoms with van der Waals surface area (Å²) in [5, 5.41) is 50.2. The van der Waals surface area contributed by atoms with Crippen molar-refractivity contribution in [2.45, 2.75) is 262 Å². The number of hydrogen-bond donors (Lipinski definition) is 6. The molecule has 0 aliphatic heterocycles. The number of unbranched alkanes of at least 4 members (excludes halogenated alkanes) is 27. The zero-order valence-corrected chi connectivity index (χ0v) is 40.1. The third-order valence-corrected chi connectivity index (χ3v) is 12.8. The van der Waals surface area contributed by atoms with E-state index in [-0.39, 0.29) is 13.0 Å². The summed E-state index contributed by atoms with van der Waals surface area (Å²) < 4.78 is 34.2. The van der Waals surface area contributed by atoms with Crippen molar-refractivity contribution in [3.63, 3.8) is 0 Å². The zero-order chi connectivity index (χ0) is 45.5. The molecule has 1 fully saturated rings. The van der Waals surface area contributed by atoms with Crippen molar-refractivity contribution in [1.82, 2.24) is 0 Å². The van der Waals surface area contributed by atoms with Gasteiger partial charge < -0.3 is 39.9 Å². The van der Waals surface area contributed by atoms with E-state index in [2.05, 4.69) is 38.2 Å². The van der Waals surface area contributed by atoms with Gasteiger partial charge in [0, 0.05) is 13.0 Å². The first kappa shape index (κ1) is 58.8. The molecular formula is C49H93O12P. The number of phosphoric ester groups is 1. The van der Waals surface area contributed by atoms with Crippen LogP contribution in [0.3, 0.4) is 0 Å². The summed E-state index contributed by atoms with van der Waals surface area (Å²) in [7, 11) is -5.02. The fourth-order valence-corrected chi connectivity index (χ4v) is 8.76. The number of rotatable bonds is 43. The van der Waals surface area contributed by atoms with E-state index in [0.717, 1.165) is 64.2 Å². The fraction of sp³-hybridized carbons (Fsp3) is 0.898. The number of carbonyl (C=O) groups excluding carboxylic acids is 1. The molecule has 366 valence electrons. The monoisotopic (exact) mass is 905 g/mol. The number of phosphoric acid groups is 1. The molecule has 0 bridgehead atoms. The van der Waals surface area contributed by atoms with Gasteiger partial charge in [0.1, 0.15) is 42.7 Å². The zero-order valence-electron chi connectivity index (χ0n) is 39.2. The molecule has 1 aliphatic rings. The lowest BCUT2D eigenvalue weighted by Crippen LogP contribution is -2.64. The second-order valence-corrected chi connectivity index (χ2v) is 19.1. The Labute approximate surface area is 377 Å². The minimum Gasteiger partial charge on any atom is -0.457 e. The van der Waals surface area contributed by atoms with E-state index in [1.54, 1.807) is 0 Å². The van der Waals surface area contributed by atoms with Crippen molar-refractivity contribution in [1.29, 1.82) is 0 Å². The van der Waals surface area contributed by atoms with Crippen molar-refractivity contribution < 1.29 is 58.3 Å². The topological polar surface area (TPSA) is 192 Å².